The predicted octanol–water partition coefficient (Wildman–Crippen LogP) is 2.78. The summed E-state index contributed by atoms with van der Waals surface area (Å²) in [6.07, 6.45) is 0.375. The summed E-state index contributed by atoms with van der Waals surface area (Å²) in [6.45, 7) is 0. The topological polar surface area (TPSA) is 79.5 Å². The molecule has 6 heteroatoms. The maximum atomic E-state index is 12.1. The number of hydrogen-bond donors (Lipinski definition) is 2. The monoisotopic (exact) mass is 349 g/mol. The molecule has 2 unspecified atom stereocenters. The molecule has 0 saturated heterocycles. The largest absolute Gasteiger partial charge is 0.479 e. The molecule has 5 nitrogen and oxygen atoms in total. The molecule has 1 heterocycles. The number of halogens is 1. The first-order valence-corrected chi connectivity index (χ1v) is 7.18. The quantitative estimate of drug-likeness (QED) is 0.889. The van der Waals surface area contributed by atoms with E-state index in [0.717, 1.165) is 5.56 Å². The van der Waals surface area contributed by atoms with Crippen LogP contribution in [0.3, 0.4) is 0 Å². The fourth-order valence-corrected chi connectivity index (χ4v) is 2.79. The predicted molar refractivity (Wildman–Crippen MR) is 78.0 cm³/mol. The Morgan fingerprint density at radius 3 is 2.52 bits per heavy atom. The lowest BCUT2D eigenvalue weighted by Gasteiger charge is -2.14. The maximum Gasteiger partial charge on any atom is 0.330 e. The Labute approximate surface area is 129 Å². The van der Waals surface area contributed by atoms with Crippen molar-refractivity contribution in [1.29, 1.82) is 0 Å². The lowest BCUT2D eigenvalue weighted by molar-refractivity contribution is -0.140. The Hall–Kier alpha value is -2.08. The number of hydrogen-bond acceptors (Lipinski definition) is 3. The minimum absolute atomic E-state index is 0.0845. The van der Waals surface area contributed by atoms with Gasteiger partial charge >= 0.3 is 5.97 Å². The first-order valence-electron chi connectivity index (χ1n) is 6.39. The molecule has 1 fully saturated rings. The van der Waals surface area contributed by atoms with Crippen LogP contribution in [-0.4, -0.2) is 22.5 Å². The summed E-state index contributed by atoms with van der Waals surface area (Å²) in [4.78, 5) is 23.7. The number of amides is 1. The second-order valence-corrected chi connectivity index (χ2v) is 5.78. The fourth-order valence-electron chi connectivity index (χ4n) is 2.48. The van der Waals surface area contributed by atoms with E-state index >= 15 is 0 Å². The van der Waals surface area contributed by atoms with E-state index in [-0.39, 0.29) is 11.7 Å². The molecule has 1 amide bonds. The first-order chi connectivity index (χ1) is 10.0. The van der Waals surface area contributed by atoms with E-state index in [1.165, 1.54) is 6.07 Å². The van der Waals surface area contributed by atoms with E-state index < -0.39 is 17.4 Å². The smallest absolute Gasteiger partial charge is 0.330 e. The van der Waals surface area contributed by atoms with Crippen LogP contribution >= 0.6 is 15.9 Å². The fraction of sp³-hybridized carbons (Fsp3) is 0.200. The van der Waals surface area contributed by atoms with Gasteiger partial charge in [0.1, 0.15) is 5.54 Å². The summed E-state index contributed by atoms with van der Waals surface area (Å²) in [5, 5.41) is 12.1. The van der Waals surface area contributed by atoms with Crippen molar-refractivity contribution in [3.63, 3.8) is 0 Å². The van der Waals surface area contributed by atoms with E-state index in [2.05, 4.69) is 21.2 Å². The summed E-state index contributed by atoms with van der Waals surface area (Å²) >= 11 is 3.11. The molecule has 0 spiro atoms. The molecule has 1 aliphatic rings. The van der Waals surface area contributed by atoms with Gasteiger partial charge < -0.3 is 14.8 Å². The van der Waals surface area contributed by atoms with E-state index in [1.54, 1.807) is 6.07 Å². The highest BCUT2D eigenvalue weighted by atomic mass is 79.9. The second-order valence-electron chi connectivity index (χ2n) is 5.00. The first kappa shape index (κ1) is 13.9. The van der Waals surface area contributed by atoms with Crippen LogP contribution in [0.1, 0.15) is 28.5 Å². The van der Waals surface area contributed by atoms with Crippen LogP contribution < -0.4 is 5.32 Å². The molecule has 2 N–H and O–H groups in total. The lowest BCUT2D eigenvalue weighted by atomic mass is 10.1. The molecule has 21 heavy (non-hydrogen) atoms. The third kappa shape index (κ3) is 2.47. The molecular weight excluding hydrogens is 338 g/mol. The highest BCUT2D eigenvalue weighted by Crippen LogP contribution is 2.51. The van der Waals surface area contributed by atoms with Gasteiger partial charge in [-0.15, -0.1) is 0 Å². The highest BCUT2D eigenvalue weighted by Gasteiger charge is 2.62. The summed E-state index contributed by atoms with van der Waals surface area (Å²) in [7, 11) is 0. The third-order valence-corrected chi connectivity index (χ3v) is 4.10. The molecule has 1 aliphatic carbocycles. The second kappa shape index (κ2) is 5.04. The molecule has 1 saturated carbocycles. The van der Waals surface area contributed by atoms with Crippen molar-refractivity contribution in [3.8, 4) is 0 Å². The van der Waals surface area contributed by atoms with Crippen molar-refractivity contribution in [2.75, 3.05) is 0 Å². The van der Waals surface area contributed by atoms with Crippen LogP contribution in [0.15, 0.2) is 51.6 Å². The van der Waals surface area contributed by atoms with Gasteiger partial charge in [0.15, 0.2) is 10.4 Å². The van der Waals surface area contributed by atoms with Crippen molar-refractivity contribution >= 4 is 27.8 Å². The van der Waals surface area contributed by atoms with Crippen LogP contribution in [0.4, 0.5) is 0 Å². The third-order valence-electron chi connectivity index (χ3n) is 3.68. The molecule has 0 aliphatic heterocycles. The molecule has 1 aromatic heterocycles. The van der Waals surface area contributed by atoms with Gasteiger partial charge in [0, 0.05) is 5.92 Å². The van der Waals surface area contributed by atoms with Gasteiger partial charge in [-0.05, 0) is 40.0 Å². The van der Waals surface area contributed by atoms with Crippen molar-refractivity contribution in [1.82, 2.24) is 5.32 Å². The Morgan fingerprint density at radius 2 is 1.95 bits per heavy atom. The zero-order chi connectivity index (χ0) is 15.0. The average Bonchev–Trinajstić information content (AvgIpc) is 3.04. The van der Waals surface area contributed by atoms with Crippen LogP contribution in [0.2, 0.25) is 0 Å². The van der Waals surface area contributed by atoms with Crippen molar-refractivity contribution in [2.45, 2.75) is 17.9 Å². The summed E-state index contributed by atoms with van der Waals surface area (Å²) in [5.41, 5.74) is -0.349. The SMILES string of the molecule is O=C(NC1(C(=O)O)CC1c1ccccc1)c1ccc(Br)o1. The van der Waals surface area contributed by atoms with Gasteiger partial charge in [-0.2, -0.15) is 0 Å². The van der Waals surface area contributed by atoms with Gasteiger partial charge in [-0.25, -0.2) is 4.79 Å². The number of carboxylic acid groups (broad SMARTS) is 1. The Bertz CT molecular complexity index is 697. The summed E-state index contributed by atoms with van der Waals surface area (Å²) in [5.74, 6) is -1.70. The zero-order valence-corrected chi connectivity index (χ0v) is 12.5. The number of carboxylic acids is 1. The van der Waals surface area contributed by atoms with Crippen molar-refractivity contribution in [3.05, 3.63) is 58.5 Å². The van der Waals surface area contributed by atoms with E-state index in [4.69, 9.17) is 4.42 Å². The number of nitrogens with one attached hydrogen (secondary N) is 1. The normalized spacial score (nSPS) is 23.6. The maximum absolute atomic E-state index is 12.1. The van der Waals surface area contributed by atoms with Gasteiger partial charge in [0.2, 0.25) is 0 Å². The minimum atomic E-state index is -1.25. The highest BCUT2D eigenvalue weighted by molar-refractivity contribution is 9.10. The standard InChI is InChI=1S/C15H12BrNO4/c16-12-7-6-11(21-12)13(18)17-15(14(19)20)8-10(15)9-4-2-1-3-5-9/h1-7,10H,8H2,(H,17,18)(H,19,20). The van der Waals surface area contributed by atoms with Gasteiger partial charge in [-0.1, -0.05) is 30.3 Å². The Balaban J connectivity index is 1.81. The Morgan fingerprint density at radius 1 is 1.24 bits per heavy atom. The molecule has 3 rings (SSSR count). The molecule has 2 atom stereocenters. The van der Waals surface area contributed by atoms with Crippen molar-refractivity contribution in [2.24, 2.45) is 0 Å². The lowest BCUT2D eigenvalue weighted by Crippen LogP contribution is -2.44. The number of rotatable bonds is 4. The number of carbonyl (C=O) groups excluding carboxylic acids is 1. The van der Waals surface area contributed by atoms with Crippen LogP contribution in [0.5, 0.6) is 0 Å². The van der Waals surface area contributed by atoms with Crippen LogP contribution in [0.25, 0.3) is 0 Å². The average molecular weight is 350 g/mol. The molecule has 108 valence electrons. The van der Waals surface area contributed by atoms with Gasteiger partial charge in [-0.3, -0.25) is 4.79 Å². The van der Waals surface area contributed by atoms with Gasteiger partial charge in [0.25, 0.3) is 5.91 Å². The number of furan rings is 1. The molecular formula is C15H12BrNO4. The minimum Gasteiger partial charge on any atom is -0.479 e. The van der Waals surface area contributed by atoms with E-state index in [1.807, 2.05) is 30.3 Å². The molecule has 1 aromatic carbocycles. The van der Waals surface area contributed by atoms with Crippen LogP contribution in [0, 0.1) is 0 Å². The molecule has 0 radical (unpaired) electrons. The summed E-state index contributed by atoms with van der Waals surface area (Å²) in [6, 6.07) is 12.4. The van der Waals surface area contributed by atoms with E-state index in [9.17, 15) is 14.7 Å². The van der Waals surface area contributed by atoms with Crippen molar-refractivity contribution < 1.29 is 19.1 Å². The zero-order valence-electron chi connectivity index (χ0n) is 10.9. The number of carbonyl (C=O) groups is 2. The molecule has 2 aromatic rings. The van der Waals surface area contributed by atoms with Crippen LogP contribution in [-0.2, 0) is 4.79 Å². The molecule has 0 bridgehead atoms. The Kier molecular flexibility index (Phi) is 3.33. The van der Waals surface area contributed by atoms with E-state index in [0.29, 0.717) is 11.1 Å². The summed E-state index contributed by atoms with van der Waals surface area (Å²) < 4.78 is 5.57. The van der Waals surface area contributed by atoms with Gasteiger partial charge in [0.05, 0.1) is 0 Å². The number of aliphatic carboxylic acids is 1. The number of benzene rings is 1.